The number of ether oxygens (including phenoxy) is 1. The molecule has 0 saturated carbocycles. The molecule has 1 aromatic carbocycles. The minimum Gasteiger partial charge on any atom is -0.484 e. The summed E-state index contributed by atoms with van der Waals surface area (Å²) in [7, 11) is 0. The second-order valence-corrected chi connectivity index (χ2v) is 5.27. The number of hydrogen-bond acceptors (Lipinski definition) is 3. The molecule has 2 N–H and O–H groups in total. The van der Waals surface area contributed by atoms with E-state index in [1.54, 1.807) is 18.2 Å². The number of nitrogens with one attached hydrogen (secondary N) is 2. The molecule has 8 heteroatoms. The van der Waals surface area contributed by atoms with Gasteiger partial charge in [-0.15, -0.1) is 12.4 Å². The van der Waals surface area contributed by atoms with E-state index in [2.05, 4.69) is 10.6 Å². The van der Waals surface area contributed by atoms with Gasteiger partial charge in [0, 0.05) is 18.7 Å². The Hall–Kier alpha value is -1.47. The van der Waals surface area contributed by atoms with E-state index in [-0.39, 0.29) is 36.5 Å². The number of benzene rings is 1. The zero-order valence-electron chi connectivity index (χ0n) is 12.5. The zero-order chi connectivity index (χ0) is 16.0. The average molecular weight is 353 g/mol. The lowest BCUT2D eigenvalue weighted by atomic mass is 9.99. The molecule has 0 radical (unpaired) electrons. The van der Waals surface area contributed by atoms with Crippen molar-refractivity contribution in [3.05, 3.63) is 29.8 Å². The lowest BCUT2D eigenvalue weighted by molar-refractivity contribution is -0.153. The van der Waals surface area contributed by atoms with Crippen LogP contribution in [0.4, 0.5) is 13.2 Å². The van der Waals surface area contributed by atoms with Crippen molar-refractivity contribution in [3.8, 4) is 5.75 Å². The number of amides is 1. The Balaban J connectivity index is 0.00000264. The third-order valence-corrected chi connectivity index (χ3v) is 3.48. The van der Waals surface area contributed by atoms with Gasteiger partial charge in [0.15, 0.2) is 6.61 Å². The van der Waals surface area contributed by atoms with Gasteiger partial charge in [0.25, 0.3) is 0 Å². The van der Waals surface area contributed by atoms with Crippen LogP contribution in [-0.2, 0) is 11.3 Å². The molecule has 1 aliphatic rings. The quantitative estimate of drug-likeness (QED) is 0.856. The first kappa shape index (κ1) is 19.6. The third kappa shape index (κ3) is 6.66. The Morgan fingerprint density at radius 3 is 2.74 bits per heavy atom. The summed E-state index contributed by atoms with van der Waals surface area (Å²) in [6.07, 6.45) is -2.61. The molecule has 0 aromatic heterocycles. The molecule has 0 aliphatic carbocycles. The molecule has 1 atom stereocenters. The lowest BCUT2D eigenvalue weighted by Crippen LogP contribution is -2.40. The number of rotatable bonds is 5. The summed E-state index contributed by atoms with van der Waals surface area (Å²) >= 11 is 0. The van der Waals surface area contributed by atoms with Crippen LogP contribution in [0.3, 0.4) is 0 Å². The number of alkyl halides is 3. The fourth-order valence-electron chi connectivity index (χ4n) is 2.35. The molecule has 1 amide bonds. The van der Waals surface area contributed by atoms with Gasteiger partial charge >= 0.3 is 6.18 Å². The van der Waals surface area contributed by atoms with Crippen molar-refractivity contribution in [3.63, 3.8) is 0 Å². The summed E-state index contributed by atoms with van der Waals surface area (Å²) in [6.45, 7) is 0.365. The molecule has 1 saturated heterocycles. The van der Waals surface area contributed by atoms with Gasteiger partial charge in [-0.2, -0.15) is 13.2 Å². The SMILES string of the molecule is Cl.O=C(NCc1ccccc1OCC(F)(F)F)C1CCCNC1. The number of para-hydroxylation sites is 1. The molecule has 23 heavy (non-hydrogen) atoms. The van der Waals surface area contributed by atoms with Crippen molar-refractivity contribution in [2.75, 3.05) is 19.7 Å². The normalized spacial score (nSPS) is 18.0. The standard InChI is InChI=1S/C15H19F3N2O2.ClH/c16-15(17,18)10-22-13-6-2-1-4-11(13)9-20-14(21)12-5-3-7-19-8-12;/h1-2,4,6,12,19H,3,5,7-10H2,(H,20,21);1H. The van der Waals surface area contributed by atoms with Gasteiger partial charge in [0.2, 0.25) is 5.91 Å². The maximum absolute atomic E-state index is 12.2. The van der Waals surface area contributed by atoms with Gasteiger partial charge in [-0.3, -0.25) is 4.79 Å². The van der Waals surface area contributed by atoms with Crippen LogP contribution in [0.15, 0.2) is 24.3 Å². The molecule has 1 heterocycles. The summed E-state index contributed by atoms with van der Waals surface area (Å²) in [6, 6.07) is 6.41. The molecule has 1 aromatic rings. The van der Waals surface area contributed by atoms with Crippen LogP contribution >= 0.6 is 12.4 Å². The molecule has 4 nitrogen and oxygen atoms in total. The van der Waals surface area contributed by atoms with Crippen LogP contribution in [0.1, 0.15) is 18.4 Å². The molecule has 2 rings (SSSR count). The maximum atomic E-state index is 12.2. The summed E-state index contributed by atoms with van der Waals surface area (Å²) in [4.78, 5) is 12.0. The Labute approximate surface area is 139 Å². The molecule has 1 aliphatic heterocycles. The Morgan fingerprint density at radius 2 is 2.09 bits per heavy atom. The van der Waals surface area contributed by atoms with E-state index in [4.69, 9.17) is 4.74 Å². The van der Waals surface area contributed by atoms with Crippen molar-refractivity contribution in [1.29, 1.82) is 0 Å². The van der Waals surface area contributed by atoms with Crippen LogP contribution in [0.25, 0.3) is 0 Å². The summed E-state index contributed by atoms with van der Waals surface area (Å²) < 4.78 is 41.5. The van der Waals surface area contributed by atoms with E-state index in [9.17, 15) is 18.0 Å². The summed E-state index contributed by atoms with van der Waals surface area (Å²) in [5, 5.41) is 5.92. The van der Waals surface area contributed by atoms with Gasteiger partial charge < -0.3 is 15.4 Å². The van der Waals surface area contributed by atoms with Crippen LogP contribution in [0, 0.1) is 5.92 Å². The number of halogens is 4. The molecular weight excluding hydrogens is 333 g/mol. The Morgan fingerprint density at radius 1 is 1.35 bits per heavy atom. The van der Waals surface area contributed by atoms with Crippen molar-refractivity contribution >= 4 is 18.3 Å². The molecule has 1 unspecified atom stereocenters. The fourth-order valence-corrected chi connectivity index (χ4v) is 2.35. The molecular formula is C15H20ClF3N2O2. The highest BCUT2D eigenvalue weighted by Crippen LogP contribution is 2.22. The van der Waals surface area contributed by atoms with Gasteiger partial charge in [0.1, 0.15) is 5.75 Å². The minimum absolute atomic E-state index is 0. The summed E-state index contributed by atoms with van der Waals surface area (Å²) in [5.41, 5.74) is 0.531. The highest BCUT2D eigenvalue weighted by atomic mass is 35.5. The average Bonchev–Trinajstić information content (AvgIpc) is 2.51. The third-order valence-electron chi connectivity index (χ3n) is 3.48. The largest absolute Gasteiger partial charge is 0.484 e. The van der Waals surface area contributed by atoms with Crippen LogP contribution < -0.4 is 15.4 Å². The molecule has 1 fully saturated rings. The molecule has 130 valence electrons. The van der Waals surface area contributed by atoms with E-state index >= 15 is 0 Å². The predicted molar refractivity (Wildman–Crippen MR) is 82.7 cm³/mol. The minimum atomic E-state index is -4.38. The van der Waals surface area contributed by atoms with E-state index in [1.807, 2.05) is 0 Å². The monoisotopic (exact) mass is 352 g/mol. The predicted octanol–water partition coefficient (Wildman–Crippen LogP) is 2.67. The van der Waals surface area contributed by atoms with Crippen LogP contribution in [0.5, 0.6) is 5.75 Å². The Kier molecular flexibility index (Phi) is 7.64. The first-order valence-corrected chi connectivity index (χ1v) is 7.21. The van der Waals surface area contributed by atoms with Crippen molar-refractivity contribution < 1.29 is 22.7 Å². The topological polar surface area (TPSA) is 50.4 Å². The van der Waals surface area contributed by atoms with Crippen LogP contribution in [-0.4, -0.2) is 31.8 Å². The first-order chi connectivity index (χ1) is 10.5. The van der Waals surface area contributed by atoms with E-state index in [1.165, 1.54) is 6.07 Å². The van der Waals surface area contributed by atoms with Crippen molar-refractivity contribution in [2.24, 2.45) is 5.92 Å². The highest BCUT2D eigenvalue weighted by Gasteiger charge is 2.28. The maximum Gasteiger partial charge on any atom is 0.422 e. The first-order valence-electron chi connectivity index (χ1n) is 7.21. The van der Waals surface area contributed by atoms with Gasteiger partial charge in [-0.05, 0) is 25.5 Å². The van der Waals surface area contributed by atoms with Gasteiger partial charge in [0.05, 0.1) is 5.92 Å². The summed E-state index contributed by atoms with van der Waals surface area (Å²) in [5.74, 6) is -0.0308. The smallest absolute Gasteiger partial charge is 0.422 e. The Bertz CT molecular complexity index is 506. The second kappa shape index (κ2) is 8.98. The molecule has 0 bridgehead atoms. The van der Waals surface area contributed by atoms with Gasteiger partial charge in [-0.1, -0.05) is 18.2 Å². The fraction of sp³-hybridized carbons (Fsp3) is 0.533. The van der Waals surface area contributed by atoms with Crippen molar-refractivity contribution in [2.45, 2.75) is 25.6 Å². The van der Waals surface area contributed by atoms with Crippen LogP contribution in [0.2, 0.25) is 0 Å². The number of piperidine rings is 1. The second-order valence-electron chi connectivity index (χ2n) is 5.27. The number of hydrogen-bond donors (Lipinski definition) is 2. The van der Waals surface area contributed by atoms with Crippen molar-refractivity contribution in [1.82, 2.24) is 10.6 Å². The number of carbonyl (C=O) groups excluding carboxylic acids is 1. The van der Waals surface area contributed by atoms with E-state index in [0.717, 1.165) is 19.4 Å². The van der Waals surface area contributed by atoms with E-state index in [0.29, 0.717) is 12.1 Å². The van der Waals surface area contributed by atoms with Gasteiger partial charge in [-0.25, -0.2) is 0 Å². The molecule has 0 spiro atoms. The highest BCUT2D eigenvalue weighted by molar-refractivity contribution is 5.85. The van der Waals surface area contributed by atoms with E-state index < -0.39 is 12.8 Å². The lowest BCUT2D eigenvalue weighted by Gasteiger charge is -2.22. The number of carbonyl (C=O) groups is 1. The zero-order valence-corrected chi connectivity index (χ0v) is 13.3.